The fourth-order valence-corrected chi connectivity index (χ4v) is 4.99. The molecule has 0 fully saturated rings. The van der Waals surface area contributed by atoms with E-state index < -0.39 is 11.8 Å². The molecule has 0 bridgehead atoms. The highest BCUT2D eigenvalue weighted by Crippen LogP contribution is 2.37. The van der Waals surface area contributed by atoms with Crippen molar-refractivity contribution in [3.63, 3.8) is 0 Å². The van der Waals surface area contributed by atoms with Gasteiger partial charge in [0.1, 0.15) is 16.5 Å². The highest BCUT2D eigenvalue weighted by atomic mass is 35.5. The molecule has 1 aliphatic rings. The minimum absolute atomic E-state index is 0.113. The molecule has 2 heterocycles. The van der Waals surface area contributed by atoms with E-state index in [0.29, 0.717) is 26.4 Å². The molecule has 0 aliphatic carbocycles. The summed E-state index contributed by atoms with van der Waals surface area (Å²) in [5, 5.41) is 8.58. The molecule has 12 heteroatoms. The van der Waals surface area contributed by atoms with Crippen molar-refractivity contribution in [1.82, 2.24) is 4.98 Å². The molecular formula is C27H17Cl3N4O4S. The van der Waals surface area contributed by atoms with Crippen molar-refractivity contribution in [1.29, 1.82) is 0 Å². The summed E-state index contributed by atoms with van der Waals surface area (Å²) in [6.07, 6.45) is 0. The lowest BCUT2D eigenvalue weighted by Crippen LogP contribution is -2.32. The summed E-state index contributed by atoms with van der Waals surface area (Å²) in [5.74, 6) is -1.47. The highest BCUT2D eigenvalue weighted by Gasteiger charge is 2.40. The quantitative estimate of drug-likeness (QED) is 0.226. The van der Waals surface area contributed by atoms with E-state index in [1.54, 1.807) is 48.5 Å². The minimum atomic E-state index is -0.720. The number of rotatable bonds is 7. The second-order valence-corrected chi connectivity index (χ2v) is 10.3. The van der Waals surface area contributed by atoms with Gasteiger partial charge in [-0.05, 0) is 54.6 Å². The normalized spacial score (nSPS) is 13.2. The van der Waals surface area contributed by atoms with Crippen LogP contribution in [0.3, 0.4) is 0 Å². The van der Waals surface area contributed by atoms with Crippen molar-refractivity contribution in [3.8, 4) is 17.0 Å². The third-order valence-electron chi connectivity index (χ3n) is 5.69. The zero-order valence-corrected chi connectivity index (χ0v) is 23.1. The van der Waals surface area contributed by atoms with E-state index in [1.165, 1.54) is 24.5 Å². The number of anilines is 3. The van der Waals surface area contributed by atoms with Gasteiger partial charge in [0.25, 0.3) is 17.7 Å². The fraction of sp³-hybridized carbons (Fsp3) is 0.0370. The molecule has 0 spiro atoms. The number of hydrogen-bond acceptors (Lipinski definition) is 7. The van der Waals surface area contributed by atoms with Gasteiger partial charge in [-0.2, -0.15) is 0 Å². The van der Waals surface area contributed by atoms with E-state index in [1.807, 2.05) is 17.5 Å². The van der Waals surface area contributed by atoms with E-state index >= 15 is 0 Å². The Bertz CT molecular complexity index is 1640. The molecule has 0 saturated heterocycles. The topological polar surface area (TPSA) is 101 Å². The molecular weight excluding hydrogens is 583 g/mol. The van der Waals surface area contributed by atoms with Crippen molar-refractivity contribution in [3.05, 3.63) is 98.4 Å². The van der Waals surface area contributed by atoms with Crippen molar-refractivity contribution in [2.24, 2.45) is 0 Å². The number of carbonyl (C=O) groups excluding carboxylic acids is 3. The van der Waals surface area contributed by atoms with E-state index in [0.717, 1.165) is 16.2 Å². The van der Waals surface area contributed by atoms with Gasteiger partial charge in [0.2, 0.25) is 0 Å². The highest BCUT2D eigenvalue weighted by molar-refractivity contribution is 7.14. The average molecular weight is 600 g/mol. The van der Waals surface area contributed by atoms with Crippen LogP contribution in [0.1, 0.15) is 10.4 Å². The zero-order chi connectivity index (χ0) is 27.7. The van der Waals surface area contributed by atoms with Crippen LogP contribution in [-0.4, -0.2) is 29.8 Å². The van der Waals surface area contributed by atoms with E-state index in [9.17, 15) is 14.4 Å². The van der Waals surface area contributed by atoms with Crippen LogP contribution in [0.2, 0.25) is 10.0 Å². The molecule has 3 aromatic carbocycles. The number of carbonyl (C=O) groups is 3. The minimum Gasteiger partial charge on any atom is -0.495 e. The summed E-state index contributed by atoms with van der Waals surface area (Å²) < 4.78 is 5.27. The van der Waals surface area contributed by atoms with Gasteiger partial charge < -0.3 is 10.1 Å². The number of imide groups is 1. The molecule has 0 radical (unpaired) electrons. The summed E-state index contributed by atoms with van der Waals surface area (Å²) >= 11 is 19.5. The van der Waals surface area contributed by atoms with Gasteiger partial charge in [0, 0.05) is 32.2 Å². The number of benzene rings is 3. The van der Waals surface area contributed by atoms with Crippen molar-refractivity contribution >= 4 is 80.4 Å². The lowest BCUT2D eigenvalue weighted by Gasteiger charge is -2.18. The first-order valence-electron chi connectivity index (χ1n) is 11.3. The Kier molecular flexibility index (Phi) is 7.58. The molecule has 8 nitrogen and oxygen atoms in total. The number of nitrogens with zero attached hydrogens (tertiary/aromatic N) is 2. The van der Waals surface area contributed by atoms with Crippen LogP contribution in [0.15, 0.2) is 82.8 Å². The second-order valence-electron chi connectivity index (χ2n) is 8.15. The predicted octanol–water partition coefficient (Wildman–Crippen LogP) is 6.81. The Morgan fingerprint density at radius 1 is 0.923 bits per heavy atom. The monoisotopic (exact) mass is 598 g/mol. The van der Waals surface area contributed by atoms with Crippen LogP contribution in [0.5, 0.6) is 5.75 Å². The molecule has 0 saturated carbocycles. The average Bonchev–Trinajstić information content (AvgIpc) is 3.47. The Balaban J connectivity index is 1.28. The van der Waals surface area contributed by atoms with Gasteiger partial charge in [0.05, 0.1) is 18.5 Å². The molecule has 0 atom stereocenters. The molecule has 2 N–H and O–H groups in total. The van der Waals surface area contributed by atoms with Crippen LogP contribution >= 0.6 is 46.1 Å². The number of aromatic nitrogens is 1. The lowest BCUT2D eigenvalue weighted by atomic mass is 10.2. The number of methoxy groups -OCH3 is 1. The molecule has 39 heavy (non-hydrogen) atoms. The first-order chi connectivity index (χ1) is 18.7. The van der Waals surface area contributed by atoms with Gasteiger partial charge in [-0.15, -0.1) is 11.3 Å². The molecule has 3 amide bonds. The molecule has 1 aromatic heterocycles. The Morgan fingerprint density at radius 2 is 1.62 bits per heavy atom. The van der Waals surface area contributed by atoms with Crippen LogP contribution < -0.4 is 20.3 Å². The number of thiazole rings is 1. The van der Waals surface area contributed by atoms with Gasteiger partial charge >= 0.3 is 0 Å². The molecule has 1 aliphatic heterocycles. The smallest absolute Gasteiger partial charge is 0.283 e. The number of ether oxygens (including phenoxy) is 1. The van der Waals surface area contributed by atoms with Crippen LogP contribution in [0.25, 0.3) is 11.3 Å². The first-order valence-corrected chi connectivity index (χ1v) is 13.3. The summed E-state index contributed by atoms with van der Waals surface area (Å²) in [5.41, 5.74) is 2.47. The maximum Gasteiger partial charge on any atom is 0.283 e. The van der Waals surface area contributed by atoms with Crippen LogP contribution in [0.4, 0.5) is 16.5 Å². The summed E-state index contributed by atoms with van der Waals surface area (Å²) in [6, 6.07) is 18.1. The zero-order valence-electron chi connectivity index (χ0n) is 20.0. The molecule has 4 aromatic rings. The fourth-order valence-electron chi connectivity index (χ4n) is 3.77. The van der Waals surface area contributed by atoms with Crippen LogP contribution in [0, 0.1) is 0 Å². The molecule has 196 valence electrons. The van der Waals surface area contributed by atoms with Crippen molar-refractivity contribution in [2.75, 3.05) is 22.6 Å². The van der Waals surface area contributed by atoms with E-state index in [4.69, 9.17) is 39.5 Å². The summed E-state index contributed by atoms with van der Waals surface area (Å²) in [4.78, 5) is 44.1. The standard InChI is InChI=1S/C27H17Cl3N4O4S/c1-38-21-11-8-17(29)12-20(21)34-25(36)22(30)23(26(34)37)31-18-9-4-15(5-10-18)24(35)33-27-32-19(13-39-27)14-2-6-16(28)7-3-14/h2-13,31H,1H3,(H,32,33,35). The van der Waals surface area contributed by atoms with Crippen molar-refractivity contribution in [2.45, 2.75) is 0 Å². The maximum atomic E-state index is 13.1. The lowest BCUT2D eigenvalue weighted by molar-refractivity contribution is -0.120. The van der Waals surface area contributed by atoms with Crippen LogP contribution in [-0.2, 0) is 9.59 Å². The van der Waals surface area contributed by atoms with Gasteiger partial charge in [-0.1, -0.05) is 46.9 Å². The van der Waals surface area contributed by atoms with Gasteiger partial charge in [-0.25, -0.2) is 9.88 Å². The van der Waals surface area contributed by atoms with Gasteiger partial charge in [-0.3, -0.25) is 19.7 Å². The Hall–Kier alpha value is -3.89. The number of amides is 3. The molecule has 5 rings (SSSR count). The second kappa shape index (κ2) is 11.1. The number of nitrogens with one attached hydrogen (secondary N) is 2. The SMILES string of the molecule is COc1ccc(Cl)cc1N1C(=O)C(Cl)=C(Nc2ccc(C(=O)Nc3nc(-c4ccc(Cl)cc4)cs3)cc2)C1=O. The van der Waals surface area contributed by atoms with Crippen molar-refractivity contribution < 1.29 is 19.1 Å². The number of halogens is 3. The summed E-state index contributed by atoms with van der Waals surface area (Å²) in [6.45, 7) is 0. The van der Waals surface area contributed by atoms with E-state index in [2.05, 4.69) is 15.6 Å². The largest absolute Gasteiger partial charge is 0.495 e. The third kappa shape index (κ3) is 5.48. The predicted molar refractivity (Wildman–Crippen MR) is 154 cm³/mol. The first kappa shape index (κ1) is 26.7. The van der Waals surface area contributed by atoms with E-state index in [-0.39, 0.29) is 28.1 Å². The summed E-state index contributed by atoms with van der Waals surface area (Å²) in [7, 11) is 1.41. The Labute approximate surface area is 241 Å². The number of hydrogen-bond donors (Lipinski definition) is 2. The Morgan fingerprint density at radius 3 is 2.31 bits per heavy atom. The van der Waals surface area contributed by atoms with Gasteiger partial charge in [0.15, 0.2) is 5.13 Å². The third-order valence-corrected chi connectivity index (χ3v) is 7.29. The maximum absolute atomic E-state index is 13.1. The molecule has 0 unspecified atom stereocenters.